The van der Waals surface area contributed by atoms with Gasteiger partial charge in [0.05, 0.1) is 71.4 Å². The van der Waals surface area contributed by atoms with E-state index in [0.29, 0.717) is 18.7 Å². The van der Waals surface area contributed by atoms with E-state index in [1.165, 1.54) is 0 Å². The van der Waals surface area contributed by atoms with Crippen LogP contribution in [0.2, 0.25) is 0 Å². The second kappa shape index (κ2) is 24.9. The summed E-state index contributed by atoms with van der Waals surface area (Å²) in [5.41, 5.74) is -0.777. The van der Waals surface area contributed by atoms with Crippen molar-refractivity contribution in [2.75, 3.05) is 59.4 Å². The van der Waals surface area contributed by atoms with Crippen LogP contribution in [0.4, 0.5) is 0 Å². The number of amides is 2. The normalized spacial score (nSPS) is 14.4. The molecule has 290 valence electrons. The highest BCUT2D eigenvalue weighted by Gasteiger charge is 2.35. The second-order valence-corrected chi connectivity index (χ2v) is 14.3. The Bertz CT molecular complexity index is 1130. The van der Waals surface area contributed by atoms with Crippen molar-refractivity contribution in [1.29, 1.82) is 0 Å². The van der Waals surface area contributed by atoms with E-state index < -0.39 is 17.5 Å². The molecule has 1 unspecified atom stereocenters. The molecule has 0 bridgehead atoms. The standard InChI is InChI=1S/C37H62N4O10/c1-25(2)31(42)9-14-48-18-13-38-35(46)20-29-19-30(41-40-29)21-36(47)39-37(22-49-15-10-32(43)26(3)4,23-50-16-11-33(44)27(5)6)24-51-17-12-34(45)28(7)8/h19,25-28,30H,9-18,20-24H2,1-8H3,(H,38,46)(H,39,47). The number of ether oxygens (including phenoxy) is 4. The first-order chi connectivity index (χ1) is 24.0. The van der Waals surface area contributed by atoms with Gasteiger partial charge in [0.15, 0.2) is 0 Å². The van der Waals surface area contributed by atoms with Gasteiger partial charge >= 0.3 is 0 Å². The zero-order chi connectivity index (χ0) is 38.4. The van der Waals surface area contributed by atoms with Crippen molar-refractivity contribution >= 4 is 34.9 Å². The first-order valence-corrected chi connectivity index (χ1v) is 18.2. The number of Topliss-reactive ketones (excluding diaryl/α,β-unsaturated/α-hetero) is 4. The maximum Gasteiger partial charge on any atom is 0.226 e. The minimum Gasteiger partial charge on any atom is -0.379 e. The van der Waals surface area contributed by atoms with Crippen molar-refractivity contribution < 1.29 is 47.7 Å². The highest BCUT2D eigenvalue weighted by molar-refractivity contribution is 5.82. The molecule has 0 aliphatic carbocycles. The maximum absolute atomic E-state index is 13.5. The molecule has 0 aromatic heterocycles. The Morgan fingerprint density at radius 2 is 1.04 bits per heavy atom. The first-order valence-electron chi connectivity index (χ1n) is 18.2. The lowest BCUT2D eigenvalue weighted by Gasteiger charge is -2.34. The van der Waals surface area contributed by atoms with Gasteiger partial charge in [0.25, 0.3) is 0 Å². The fourth-order valence-electron chi connectivity index (χ4n) is 4.64. The number of hydrogen-bond donors (Lipinski definition) is 2. The van der Waals surface area contributed by atoms with Crippen LogP contribution >= 0.6 is 0 Å². The zero-order valence-electron chi connectivity index (χ0n) is 32.0. The molecule has 0 aromatic carbocycles. The molecule has 0 spiro atoms. The number of rotatable bonds is 30. The molecule has 14 nitrogen and oxygen atoms in total. The number of azo groups is 1. The van der Waals surface area contributed by atoms with E-state index in [4.69, 9.17) is 18.9 Å². The van der Waals surface area contributed by atoms with Crippen LogP contribution in [-0.2, 0) is 47.7 Å². The van der Waals surface area contributed by atoms with Crippen LogP contribution in [-0.4, -0.2) is 106 Å². The van der Waals surface area contributed by atoms with Crippen LogP contribution in [0.5, 0.6) is 0 Å². The molecular weight excluding hydrogens is 660 g/mol. The fraction of sp³-hybridized carbons (Fsp3) is 0.784. The zero-order valence-corrected chi connectivity index (χ0v) is 32.0. The van der Waals surface area contributed by atoms with Gasteiger partial charge in [-0.25, -0.2) is 0 Å². The summed E-state index contributed by atoms with van der Waals surface area (Å²) in [6, 6.07) is -0.605. The summed E-state index contributed by atoms with van der Waals surface area (Å²) >= 11 is 0. The predicted octanol–water partition coefficient (Wildman–Crippen LogP) is 3.98. The summed E-state index contributed by atoms with van der Waals surface area (Å²) in [5.74, 6) is -0.883. The van der Waals surface area contributed by atoms with E-state index in [0.717, 1.165) is 0 Å². The highest BCUT2D eigenvalue weighted by Crippen LogP contribution is 2.19. The molecule has 0 fully saturated rings. The molecule has 51 heavy (non-hydrogen) atoms. The van der Waals surface area contributed by atoms with E-state index in [1.807, 2.05) is 55.4 Å². The smallest absolute Gasteiger partial charge is 0.226 e. The lowest BCUT2D eigenvalue weighted by atomic mass is 10.0. The Labute approximate surface area is 303 Å². The van der Waals surface area contributed by atoms with Gasteiger partial charge in [-0.1, -0.05) is 55.4 Å². The SMILES string of the molecule is CC(C)C(=O)CCOCCNC(=O)CC1=CC(CC(=O)NC(COCCC(=O)C(C)C)(COCCC(=O)C(C)C)COCCC(=O)C(C)C)N=N1. The highest BCUT2D eigenvalue weighted by atomic mass is 16.5. The summed E-state index contributed by atoms with van der Waals surface area (Å²) in [4.78, 5) is 74.1. The quantitative estimate of drug-likeness (QED) is 0.103. The summed E-state index contributed by atoms with van der Waals surface area (Å²) in [7, 11) is 0. The first kappa shape index (κ1) is 45.8. The molecule has 0 aromatic rings. The molecule has 0 saturated heterocycles. The Balaban J connectivity index is 2.88. The number of nitrogens with one attached hydrogen (secondary N) is 2. The van der Waals surface area contributed by atoms with Gasteiger partial charge in [-0.15, -0.1) is 0 Å². The van der Waals surface area contributed by atoms with E-state index >= 15 is 0 Å². The summed E-state index contributed by atoms with van der Waals surface area (Å²) in [5, 5.41) is 14.0. The van der Waals surface area contributed by atoms with Gasteiger partial charge in [-0.05, 0) is 6.08 Å². The lowest BCUT2D eigenvalue weighted by molar-refractivity contribution is -0.131. The third kappa shape index (κ3) is 20.4. The van der Waals surface area contributed by atoms with Gasteiger partial charge in [0, 0.05) is 55.9 Å². The van der Waals surface area contributed by atoms with Crippen molar-refractivity contribution in [2.45, 2.75) is 105 Å². The van der Waals surface area contributed by atoms with Crippen LogP contribution in [0.25, 0.3) is 0 Å². The molecule has 0 saturated carbocycles. The summed E-state index contributed by atoms with van der Waals surface area (Å²) in [6.07, 6.45) is 2.49. The van der Waals surface area contributed by atoms with E-state index in [2.05, 4.69) is 20.9 Å². The molecule has 2 N–H and O–H groups in total. The molecular formula is C37H62N4O10. The third-order valence-electron chi connectivity index (χ3n) is 8.11. The molecule has 1 aliphatic heterocycles. The average molecular weight is 723 g/mol. The minimum atomic E-state index is -1.20. The molecule has 1 heterocycles. The minimum absolute atomic E-state index is 0.0216. The topological polar surface area (TPSA) is 188 Å². The van der Waals surface area contributed by atoms with Crippen molar-refractivity contribution in [2.24, 2.45) is 33.9 Å². The second-order valence-electron chi connectivity index (χ2n) is 14.3. The van der Waals surface area contributed by atoms with E-state index in [1.54, 1.807) is 6.08 Å². The van der Waals surface area contributed by atoms with Crippen LogP contribution < -0.4 is 10.6 Å². The Morgan fingerprint density at radius 1 is 0.627 bits per heavy atom. The third-order valence-corrected chi connectivity index (χ3v) is 8.11. The van der Waals surface area contributed by atoms with Gasteiger partial charge in [-0.3, -0.25) is 28.8 Å². The molecule has 0 radical (unpaired) electrons. The number of ketones is 4. The molecule has 14 heteroatoms. The Kier molecular flexibility index (Phi) is 22.4. The average Bonchev–Trinajstić information content (AvgIpc) is 3.49. The number of nitrogens with zero attached hydrogens (tertiary/aromatic N) is 2. The lowest BCUT2D eigenvalue weighted by Crippen LogP contribution is -2.59. The van der Waals surface area contributed by atoms with Crippen molar-refractivity contribution in [3.05, 3.63) is 11.8 Å². The number of carbonyl (C=O) groups excluding carboxylic acids is 6. The van der Waals surface area contributed by atoms with Crippen LogP contribution in [0.15, 0.2) is 22.0 Å². The van der Waals surface area contributed by atoms with Gasteiger partial charge < -0.3 is 29.6 Å². The molecule has 2 amide bonds. The summed E-state index contributed by atoms with van der Waals surface area (Å²) < 4.78 is 23.1. The van der Waals surface area contributed by atoms with E-state index in [9.17, 15) is 28.8 Å². The molecule has 1 aliphatic rings. The monoisotopic (exact) mass is 722 g/mol. The maximum atomic E-state index is 13.5. The van der Waals surface area contributed by atoms with Gasteiger partial charge in [-0.2, -0.15) is 10.2 Å². The van der Waals surface area contributed by atoms with Gasteiger partial charge in [0.1, 0.15) is 34.7 Å². The summed E-state index contributed by atoms with van der Waals surface area (Å²) in [6.45, 7) is 15.6. The number of hydrogen-bond acceptors (Lipinski definition) is 12. The number of carbonyl (C=O) groups is 6. The van der Waals surface area contributed by atoms with E-state index in [-0.39, 0.29) is 138 Å². The Morgan fingerprint density at radius 3 is 1.45 bits per heavy atom. The Hall–Kier alpha value is -3.20. The van der Waals surface area contributed by atoms with Crippen LogP contribution in [0, 0.1) is 23.7 Å². The van der Waals surface area contributed by atoms with Crippen LogP contribution in [0.3, 0.4) is 0 Å². The molecule has 1 atom stereocenters. The largest absolute Gasteiger partial charge is 0.379 e. The van der Waals surface area contributed by atoms with Crippen molar-refractivity contribution in [3.8, 4) is 0 Å². The van der Waals surface area contributed by atoms with Crippen LogP contribution in [0.1, 0.15) is 93.9 Å². The van der Waals surface area contributed by atoms with Gasteiger partial charge in [0.2, 0.25) is 11.8 Å². The molecule has 1 rings (SSSR count). The van der Waals surface area contributed by atoms with Crippen molar-refractivity contribution in [3.63, 3.8) is 0 Å². The fourth-order valence-corrected chi connectivity index (χ4v) is 4.64. The predicted molar refractivity (Wildman–Crippen MR) is 191 cm³/mol. The van der Waals surface area contributed by atoms with Crippen molar-refractivity contribution in [1.82, 2.24) is 10.6 Å².